The Morgan fingerprint density at radius 3 is 2.67 bits per heavy atom. The van der Waals surface area contributed by atoms with Crippen molar-refractivity contribution in [3.05, 3.63) is 56.9 Å². The minimum atomic E-state index is -1.87. The van der Waals surface area contributed by atoms with E-state index in [1.807, 2.05) is 20.8 Å². The number of esters is 2. The van der Waals surface area contributed by atoms with Gasteiger partial charge in [-0.3, -0.25) is 4.79 Å². The molecule has 0 saturated carbocycles. The first-order valence-electron chi connectivity index (χ1n) is 12.2. The highest BCUT2D eigenvalue weighted by Gasteiger charge is 2.45. The average molecular weight is 492 g/mol. The van der Waals surface area contributed by atoms with E-state index >= 15 is 0 Å². The summed E-state index contributed by atoms with van der Waals surface area (Å²) in [6.07, 6.45) is 0.745. The number of ether oxygens (including phenoxy) is 2. The van der Waals surface area contributed by atoms with Gasteiger partial charge >= 0.3 is 11.9 Å². The molecule has 0 amide bonds. The summed E-state index contributed by atoms with van der Waals surface area (Å²) < 4.78 is 12.3. The van der Waals surface area contributed by atoms with E-state index < -0.39 is 23.6 Å². The van der Waals surface area contributed by atoms with E-state index in [1.165, 1.54) is 0 Å². The fourth-order valence-corrected chi connectivity index (χ4v) is 5.06. The van der Waals surface area contributed by atoms with E-state index in [0.717, 1.165) is 16.5 Å². The van der Waals surface area contributed by atoms with Crippen LogP contribution in [0.1, 0.15) is 56.4 Å². The number of benzene rings is 1. The number of nitrogens with zero attached hydrogens (tertiary/aromatic N) is 2. The van der Waals surface area contributed by atoms with Crippen molar-refractivity contribution >= 4 is 22.8 Å². The number of nitrogens with two attached hydrogens (primary N) is 1. The van der Waals surface area contributed by atoms with Gasteiger partial charge in [-0.1, -0.05) is 27.7 Å². The molecule has 36 heavy (non-hydrogen) atoms. The van der Waals surface area contributed by atoms with Crippen LogP contribution in [0.3, 0.4) is 0 Å². The molecule has 1 aromatic carbocycles. The first-order chi connectivity index (χ1) is 17.1. The second kappa shape index (κ2) is 8.53. The van der Waals surface area contributed by atoms with Crippen LogP contribution in [0.5, 0.6) is 5.75 Å². The lowest BCUT2D eigenvalue weighted by Crippen LogP contribution is -2.44. The summed E-state index contributed by atoms with van der Waals surface area (Å²) >= 11 is 0. The van der Waals surface area contributed by atoms with Gasteiger partial charge in [0, 0.05) is 16.5 Å². The zero-order chi connectivity index (χ0) is 25.9. The van der Waals surface area contributed by atoms with Crippen molar-refractivity contribution in [2.45, 2.75) is 65.3 Å². The van der Waals surface area contributed by atoms with Crippen LogP contribution in [0.15, 0.2) is 29.1 Å². The molecule has 2 aromatic heterocycles. The third-order valence-electron chi connectivity index (χ3n) is 7.34. The number of hydrogen-bond acceptors (Lipinski definition) is 8. The summed E-state index contributed by atoms with van der Waals surface area (Å²) in [4.78, 5) is 43.1. The van der Waals surface area contributed by atoms with Crippen LogP contribution in [0.4, 0.5) is 0 Å². The molecule has 3 N–H and O–H groups in total. The molecule has 0 radical (unpaired) electrons. The first kappa shape index (κ1) is 24.1. The number of carbonyl (C=O) groups excluding carboxylic acids is 2. The van der Waals surface area contributed by atoms with Gasteiger partial charge in [-0.15, -0.1) is 0 Å². The van der Waals surface area contributed by atoms with Crippen LogP contribution in [0.2, 0.25) is 0 Å². The Morgan fingerprint density at radius 2 is 2.00 bits per heavy atom. The Morgan fingerprint density at radius 1 is 1.25 bits per heavy atom. The Hall–Kier alpha value is -3.56. The number of hydrogen-bond donors (Lipinski definition) is 2. The number of pyridine rings is 2. The highest BCUT2D eigenvalue weighted by Crippen LogP contribution is 2.40. The lowest BCUT2D eigenvalue weighted by atomic mass is 9.86. The number of carbonyl (C=O) groups is 2. The van der Waals surface area contributed by atoms with Gasteiger partial charge in [0.25, 0.3) is 5.56 Å². The van der Waals surface area contributed by atoms with Crippen molar-refractivity contribution in [2.24, 2.45) is 11.7 Å². The van der Waals surface area contributed by atoms with Gasteiger partial charge in [0.1, 0.15) is 18.4 Å². The predicted octanol–water partition coefficient (Wildman–Crippen LogP) is 2.53. The summed E-state index contributed by atoms with van der Waals surface area (Å²) in [6, 6.07) is 6.21. The molecule has 188 valence electrons. The van der Waals surface area contributed by atoms with Crippen LogP contribution in [-0.2, 0) is 39.5 Å². The minimum Gasteiger partial charge on any atom is -0.458 e. The molecule has 9 nitrogen and oxygen atoms in total. The quantitative estimate of drug-likeness (QED) is 0.321. The van der Waals surface area contributed by atoms with Crippen molar-refractivity contribution < 1.29 is 24.2 Å². The van der Waals surface area contributed by atoms with E-state index in [-0.39, 0.29) is 35.6 Å². The Kier molecular flexibility index (Phi) is 5.72. The van der Waals surface area contributed by atoms with Crippen molar-refractivity contribution in [1.29, 1.82) is 0 Å². The molecule has 4 heterocycles. The summed E-state index contributed by atoms with van der Waals surface area (Å²) in [7, 11) is 0. The van der Waals surface area contributed by atoms with Crippen LogP contribution < -0.4 is 16.0 Å². The maximum atomic E-state index is 13.4. The molecule has 0 aliphatic carbocycles. The Balaban J connectivity index is 1.65. The van der Waals surface area contributed by atoms with E-state index in [1.54, 1.807) is 35.8 Å². The molecule has 2 atom stereocenters. The highest BCUT2D eigenvalue weighted by atomic mass is 16.6. The summed E-state index contributed by atoms with van der Waals surface area (Å²) in [6.45, 7) is 7.54. The number of aliphatic hydroxyl groups is 1. The largest absolute Gasteiger partial charge is 0.458 e. The Labute approximate surface area is 207 Å². The van der Waals surface area contributed by atoms with Crippen molar-refractivity contribution in [1.82, 2.24) is 9.55 Å². The summed E-state index contributed by atoms with van der Waals surface area (Å²) in [5.41, 5.74) is 8.09. The van der Waals surface area contributed by atoms with E-state index in [4.69, 9.17) is 20.2 Å². The topological polar surface area (TPSA) is 134 Å². The first-order valence-corrected chi connectivity index (χ1v) is 12.2. The molecule has 0 unspecified atom stereocenters. The molecule has 0 bridgehead atoms. The number of rotatable bonds is 5. The van der Waals surface area contributed by atoms with Crippen LogP contribution in [0, 0.1) is 5.92 Å². The number of aryl methyl sites for hydroxylation is 1. The number of aromatic nitrogens is 2. The normalized spacial score (nSPS) is 19.0. The SMILES string of the molecule is CCc1c2c(nc3ccc(OC(=O)[C@@H](N)C(C)C)cc13)-c1cc3c(c(=O)n1C2)COC(=O)[C@]3(O)CC. The molecular formula is C27H29N3O6. The maximum Gasteiger partial charge on any atom is 0.343 e. The second-order valence-electron chi connectivity index (χ2n) is 9.74. The van der Waals surface area contributed by atoms with E-state index in [9.17, 15) is 19.5 Å². The van der Waals surface area contributed by atoms with Crippen LogP contribution in [0.25, 0.3) is 22.3 Å². The molecule has 2 aliphatic rings. The Bertz CT molecular complexity index is 1490. The summed E-state index contributed by atoms with van der Waals surface area (Å²) in [5.74, 6) is -0.920. The third kappa shape index (κ3) is 3.45. The lowest BCUT2D eigenvalue weighted by Gasteiger charge is -2.31. The monoisotopic (exact) mass is 491 g/mol. The van der Waals surface area contributed by atoms with Crippen molar-refractivity contribution in [2.75, 3.05) is 0 Å². The van der Waals surface area contributed by atoms with Crippen molar-refractivity contribution in [3.63, 3.8) is 0 Å². The van der Waals surface area contributed by atoms with E-state index in [0.29, 0.717) is 35.6 Å². The third-order valence-corrected chi connectivity index (χ3v) is 7.34. The predicted molar refractivity (Wildman–Crippen MR) is 132 cm³/mol. The smallest absolute Gasteiger partial charge is 0.343 e. The highest BCUT2D eigenvalue weighted by molar-refractivity contribution is 5.90. The van der Waals surface area contributed by atoms with Gasteiger partial charge in [0.05, 0.1) is 29.0 Å². The lowest BCUT2D eigenvalue weighted by molar-refractivity contribution is -0.172. The van der Waals surface area contributed by atoms with Gasteiger partial charge in [0.15, 0.2) is 5.60 Å². The van der Waals surface area contributed by atoms with Gasteiger partial charge in [0.2, 0.25) is 0 Å². The molecule has 0 spiro atoms. The van der Waals surface area contributed by atoms with Crippen molar-refractivity contribution in [3.8, 4) is 17.1 Å². The van der Waals surface area contributed by atoms with Crippen LogP contribution in [-0.4, -0.2) is 32.6 Å². The van der Waals surface area contributed by atoms with Crippen LogP contribution >= 0.6 is 0 Å². The molecule has 2 aliphatic heterocycles. The van der Waals surface area contributed by atoms with E-state index in [2.05, 4.69) is 0 Å². The molecule has 0 fully saturated rings. The zero-order valence-electron chi connectivity index (χ0n) is 20.8. The summed E-state index contributed by atoms with van der Waals surface area (Å²) in [5, 5.41) is 11.9. The fraction of sp³-hybridized carbons (Fsp3) is 0.407. The molecule has 3 aromatic rings. The molecule has 0 saturated heterocycles. The molecule has 5 rings (SSSR count). The second-order valence-corrected chi connectivity index (χ2v) is 9.74. The van der Waals surface area contributed by atoms with Gasteiger partial charge in [-0.25, -0.2) is 14.6 Å². The minimum absolute atomic E-state index is 0.0530. The fourth-order valence-electron chi connectivity index (χ4n) is 5.06. The molecular weight excluding hydrogens is 462 g/mol. The van der Waals surface area contributed by atoms with Gasteiger partial charge < -0.3 is 24.9 Å². The molecule has 9 heteroatoms. The van der Waals surface area contributed by atoms with Gasteiger partial charge in [-0.05, 0) is 48.6 Å². The zero-order valence-corrected chi connectivity index (χ0v) is 20.8. The van der Waals surface area contributed by atoms with Gasteiger partial charge in [-0.2, -0.15) is 0 Å². The number of fused-ring (bicyclic) bond motifs is 5. The average Bonchev–Trinajstić information content (AvgIpc) is 3.23. The standard InChI is InChI=1S/C27H29N3O6/c1-5-15-16-9-14(36-25(32)22(28)13(3)4)7-8-20(16)29-23-17(15)11-30-21(23)10-19-18(24(30)31)12-35-26(33)27(19,34)6-2/h7-10,13,22,34H,5-6,11-12,28H2,1-4H3/t22-,27-/m0/s1. The maximum absolute atomic E-state index is 13.4. The number of cyclic esters (lactones) is 1.